The Morgan fingerprint density at radius 2 is 1.69 bits per heavy atom. The maximum Gasteiger partial charge on any atom is 0.249 e. The molecule has 1 unspecified atom stereocenters. The van der Waals surface area contributed by atoms with Crippen molar-refractivity contribution in [2.75, 3.05) is 6.54 Å². The maximum atomic E-state index is 13.7. The van der Waals surface area contributed by atoms with E-state index >= 15 is 0 Å². The standard InChI is InChI=1S/C27H30F2N2O4S/c1-2-17-5-3-6-18(9-17)15-30-16-25(34)22(12-19-10-20(28)13-21(29)11-19)31-27(35)24(33)14-23(32)26-7-4-8-36-26/h3-11,13,22,24-25,30,33-34H,2,12,14-16H2,1H3,(H,31,35)/t22-,24?,25-/m0/s1. The Balaban J connectivity index is 1.66. The molecule has 0 bridgehead atoms. The van der Waals surface area contributed by atoms with Gasteiger partial charge in [-0.05, 0) is 53.1 Å². The van der Waals surface area contributed by atoms with Gasteiger partial charge in [-0.2, -0.15) is 0 Å². The van der Waals surface area contributed by atoms with Crippen LogP contribution in [0.3, 0.4) is 0 Å². The molecule has 0 aliphatic rings. The molecule has 1 amide bonds. The first-order chi connectivity index (χ1) is 17.2. The maximum absolute atomic E-state index is 13.7. The molecule has 0 fully saturated rings. The molecule has 9 heteroatoms. The summed E-state index contributed by atoms with van der Waals surface area (Å²) in [5.74, 6) is -2.79. The SMILES string of the molecule is CCc1cccc(CNC[C@H](O)[C@H](Cc2cc(F)cc(F)c2)NC(=O)C(O)CC(=O)c2cccs2)c1. The number of carbonyl (C=O) groups excluding carboxylic acids is 2. The molecule has 4 N–H and O–H groups in total. The summed E-state index contributed by atoms with van der Waals surface area (Å²) in [7, 11) is 0. The lowest BCUT2D eigenvalue weighted by Gasteiger charge is -2.26. The molecule has 6 nitrogen and oxygen atoms in total. The van der Waals surface area contributed by atoms with Crippen molar-refractivity contribution in [2.24, 2.45) is 0 Å². The van der Waals surface area contributed by atoms with Gasteiger partial charge in [0.25, 0.3) is 0 Å². The Morgan fingerprint density at radius 1 is 0.972 bits per heavy atom. The summed E-state index contributed by atoms with van der Waals surface area (Å²) in [6.07, 6.45) is -2.39. The van der Waals surface area contributed by atoms with Gasteiger partial charge in [0.1, 0.15) is 17.7 Å². The Morgan fingerprint density at radius 3 is 2.36 bits per heavy atom. The van der Waals surface area contributed by atoms with Crippen LogP contribution in [0.2, 0.25) is 0 Å². The first kappa shape index (κ1) is 27.6. The highest BCUT2D eigenvalue weighted by atomic mass is 32.1. The lowest BCUT2D eigenvalue weighted by molar-refractivity contribution is -0.130. The molecular formula is C27H30F2N2O4S. The number of carbonyl (C=O) groups is 2. The molecule has 2 aromatic carbocycles. The number of nitrogens with one attached hydrogen (secondary N) is 2. The topological polar surface area (TPSA) is 98.7 Å². The van der Waals surface area contributed by atoms with E-state index in [1.54, 1.807) is 17.5 Å². The van der Waals surface area contributed by atoms with Gasteiger partial charge < -0.3 is 20.8 Å². The van der Waals surface area contributed by atoms with Crippen molar-refractivity contribution in [1.29, 1.82) is 0 Å². The van der Waals surface area contributed by atoms with E-state index in [9.17, 15) is 28.6 Å². The largest absolute Gasteiger partial charge is 0.390 e. The number of Topliss-reactive ketones (excluding diaryl/α,β-unsaturated/α-hetero) is 1. The molecule has 3 rings (SSSR count). The molecule has 3 aromatic rings. The molecular weight excluding hydrogens is 486 g/mol. The summed E-state index contributed by atoms with van der Waals surface area (Å²) in [6.45, 7) is 2.60. The Hall–Kier alpha value is -2.98. The molecule has 0 aliphatic carbocycles. The number of aryl methyl sites for hydroxylation is 1. The summed E-state index contributed by atoms with van der Waals surface area (Å²) in [5.41, 5.74) is 2.44. The summed E-state index contributed by atoms with van der Waals surface area (Å²) in [4.78, 5) is 25.3. The van der Waals surface area contributed by atoms with Crippen molar-refractivity contribution in [3.05, 3.63) is 93.2 Å². The van der Waals surface area contributed by atoms with E-state index in [-0.39, 0.29) is 24.3 Å². The molecule has 1 aromatic heterocycles. The van der Waals surface area contributed by atoms with Crippen molar-refractivity contribution in [3.8, 4) is 0 Å². The van der Waals surface area contributed by atoms with E-state index in [1.807, 2.05) is 18.2 Å². The molecule has 3 atom stereocenters. The van der Waals surface area contributed by atoms with Crippen molar-refractivity contribution >= 4 is 23.0 Å². The van der Waals surface area contributed by atoms with Crippen molar-refractivity contribution in [1.82, 2.24) is 10.6 Å². The number of hydrogen-bond acceptors (Lipinski definition) is 6. The van der Waals surface area contributed by atoms with Crippen LogP contribution < -0.4 is 10.6 Å². The van der Waals surface area contributed by atoms with E-state index in [1.165, 1.54) is 16.9 Å². The third kappa shape index (κ3) is 8.30. The highest BCUT2D eigenvalue weighted by molar-refractivity contribution is 7.12. The smallest absolute Gasteiger partial charge is 0.249 e. The lowest BCUT2D eigenvalue weighted by atomic mass is 9.99. The monoisotopic (exact) mass is 516 g/mol. The van der Waals surface area contributed by atoms with E-state index in [2.05, 4.69) is 23.6 Å². The predicted octanol–water partition coefficient (Wildman–Crippen LogP) is 3.40. The van der Waals surface area contributed by atoms with Gasteiger partial charge in [0.05, 0.1) is 17.0 Å². The summed E-state index contributed by atoms with van der Waals surface area (Å²) in [5, 5.41) is 28.5. The quantitative estimate of drug-likeness (QED) is 0.261. The number of ketones is 1. The zero-order chi connectivity index (χ0) is 26.1. The van der Waals surface area contributed by atoms with Crippen LogP contribution in [0.5, 0.6) is 0 Å². The number of halogens is 2. The van der Waals surface area contributed by atoms with Gasteiger partial charge in [-0.1, -0.05) is 37.3 Å². The van der Waals surface area contributed by atoms with Gasteiger partial charge in [0, 0.05) is 25.6 Å². The van der Waals surface area contributed by atoms with Crippen molar-refractivity contribution < 1.29 is 28.6 Å². The van der Waals surface area contributed by atoms with Crippen LogP contribution in [0.1, 0.15) is 39.7 Å². The van der Waals surface area contributed by atoms with Crippen LogP contribution in [0.25, 0.3) is 0 Å². The molecule has 0 radical (unpaired) electrons. The van der Waals surface area contributed by atoms with Gasteiger partial charge >= 0.3 is 0 Å². The van der Waals surface area contributed by atoms with Gasteiger partial charge in [0.15, 0.2) is 5.78 Å². The third-order valence-electron chi connectivity index (χ3n) is 5.73. The van der Waals surface area contributed by atoms with Crippen LogP contribution in [0.4, 0.5) is 8.78 Å². The fourth-order valence-corrected chi connectivity index (χ4v) is 4.49. The average Bonchev–Trinajstić information content (AvgIpc) is 3.38. The second-order valence-corrected chi connectivity index (χ2v) is 9.54. The van der Waals surface area contributed by atoms with Crippen LogP contribution in [-0.4, -0.2) is 46.7 Å². The minimum absolute atomic E-state index is 0.0727. The molecule has 0 saturated carbocycles. The first-order valence-electron chi connectivity index (χ1n) is 11.7. The highest BCUT2D eigenvalue weighted by Crippen LogP contribution is 2.15. The van der Waals surface area contributed by atoms with E-state index in [0.717, 1.165) is 30.2 Å². The molecule has 0 saturated heterocycles. The normalized spacial score (nSPS) is 13.7. The van der Waals surface area contributed by atoms with Crippen LogP contribution in [0, 0.1) is 11.6 Å². The number of amides is 1. The fraction of sp³-hybridized carbons (Fsp3) is 0.333. The number of rotatable bonds is 13. The average molecular weight is 517 g/mol. The van der Waals surface area contributed by atoms with Gasteiger partial charge in [-0.3, -0.25) is 9.59 Å². The summed E-state index contributed by atoms with van der Waals surface area (Å²) < 4.78 is 27.4. The summed E-state index contributed by atoms with van der Waals surface area (Å²) >= 11 is 1.21. The minimum Gasteiger partial charge on any atom is -0.390 e. The number of aliphatic hydroxyl groups excluding tert-OH is 2. The first-order valence-corrected chi connectivity index (χ1v) is 12.6. The molecule has 1 heterocycles. The number of thiophene rings is 1. The fourth-order valence-electron chi connectivity index (χ4n) is 3.82. The van der Waals surface area contributed by atoms with E-state index in [4.69, 9.17) is 0 Å². The van der Waals surface area contributed by atoms with Crippen molar-refractivity contribution in [3.63, 3.8) is 0 Å². The Labute approximate surface area is 213 Å². The zero-order valence-electron chi connectivity index (χ0n) is 19.9. The Kier molecular flexibility index (Phi) is 10.2. The summed E-state index contributed by atoms with van der Waals surface area (Å²) in [6, 6.07) is 13.3. The number of benzene rings is 2. The van der Waals surface area contributed by atoms with Gasteiger partial charge in [-0.25, -0.2) is 8.78 Å². The van der Waals surface area contributed by atoms with E-state index in [0.29, 0.717) is 11.4 Å². The van der Waals surface area contributed by atoms with Gasteiger partial charge in [0.2, 0.25) is 5.91 Å². The molecule has 192 valence electrons. The lowest BCUT2D eigenvalue weighted by Crippen LogP contribution is -2.51. The van der Waals surface area contributed by atoms with Crippen molar-refractivity contribution in [2.45, 2.75) is 51.0 Å². The molecule has 36 heavy (non-hydrogen) atoms. The van der Waals surface area contributed by atoms with Crippen LogP contribution in [-0.2, 0) is 24.2 Å². The second-order valence-electron chi connectivity index (χ2n) is 8.59. The Bertz CT molecular complexity index is 1140. The highest BCUT2D eigenvalue weighted by Gasteiger charge is 2.27. The third-order valence-corrected chi connectivity index (χ3v) is 6.64. The zero-order valence-corrected chi connectivity index (χ0v) is 20.7. The van der Waals surface area contributed by atoms with Crippen LogP contribution in [0.15, 0.2) is 60.0 Å². The predicted molar refractivity (Wildman–Crippen MR) is 135 cm³/mol. The molecule has 0 spiro atoms. The molecule has 0 aliphatic heterocycles. The van der Waals surface area contributed by atoms with Crippen LogP contribution >= 0.6 is 11.3 Å². The number of aliphatic hydroxyl groups is 2. The van der Waals surface area contributed by atoms with Gasteiger partial charge in [-0.15, -0.1) is 11.3 Å². The number of hydrogen-bond donors (Lipinski definition) is 4. The second kappa shape index (κ2) is 13.4. The minimum atomic E-state index is -1.64. The van der Waals surface area contributed by atoms with E-state index < -0.39 is 42.2 Å².